The molecule has 0 fully saturated rings. The lowest BCUT2D eigenvalue weighted by Crippen LogP contribution is -2.11. The Morgan fingerprint density at radius 1 is 1.33 bits per heavy atom. The van der Waals surface area contributed by atoms with Gasteiger partial charge in [0.1, 0.15) is 6.29 Å². The number of hydrogen-bond donors (Lipinski definition) is 1. The predicted molar refractivity (Wildman–Crippen MR) is 59.3 cm³/mol. The van der Waals surface area contributed by atoms with Crippen LogP contribution in [0.2, 0.25) is 0 Å². The first-order chi connectivity index (χ1) is 7.03. The maximum absolute atomic E-state index is 11.0. The molecule has 0 aromatic heterocycles. The van der Waals surface area contributed by atoms with Gasteiger partial charge in [0, 0.05) is 6.42 Å². The van der Waals surface area contributed by atoms with E-state index >= 15 is 0 Å². The summed E-state index contributed by atoms with van der Waals surface area (Å²) >= 11 is 0. The molecule has 0 saturated carbocycles. The Balaban J connectivity index is 2.91. The molecule has 82 valence electrons. The lowest BCUT2D eigenvalue weighted by molar-refractivity contribution is -0.107. The molecule has 4 nitrogen and oxygen atoms in total. The molecule has 1 aromatic rings. The van der Waals surface area contributed by atoms with Gasteiger partial charge in [-0.3, -0.25) is 4.72 Å². The van der Waals surface area contributed by atoms with Crippen LogP contribution in [0.4, 0.5) is 5.69 Å². The standard InChI is InChI=1S/C10H13NO3S/c1-15(13,14)11-10-7-3-2-5-9(10)6-4-8-12/h2-3,5,7-8,11H,4,6H2,1H3. The third kappa shape index (κ3) is 4.12. The molecule has 1 aromatic carbocycles. The van der Waals surface area contributed by atoms with Crippen molar-refractivity contribution in [2.45, 2.75) is 12.8 Å². The van der Waals surface area contributed by atoms with Crippen molar-refractivity contribution in [1.82, 2.24) is 0 Å². The molecule has 5 heteroatoms. The van der Waals surface area contributed by atoms with Crippen molar-refractivity contribution in [2.75, 3.05) is 11.0 Å². The largest absolute Gasteiger partial charge is 0.303 e. The van der Waals surface area contributed by atoms with Crippen LogP contribution in [0.25, 0.3) is 0 Å². The molecule has 15 heavy (non-hydrogen) atoms. The van der Waals surface area contributed by atoms with E-state index in [4.69, 9.17) is 0 Å². The molecule has 1 rings (SSSR count). The van der Waals surface area contributed by atoms with Crippen molar-refractivity contribution < 1.29 is 13.2 Å². The highest BCUT2D eigenvalue weighted by molar-refractivity contribution is 7.92. The van der Waals surface area contributed by atoms with Gasteiger partial charge < -0.3 is 4.79 Å². The second kappa shape index (κ2) is 4.93. The zero-order valence-corrected chi connectivity index (χ0v) is 9.25. The summed E-state index contributed by atoms with van der Waals surface area (Å²) in [5.74, 6) is 0. The second-order valence-corrected chi connectivity index (χ2v) is 4.99. The van der Waals surface area contributed by atoms with E-state index in [0.717, 1.165) is 18.1 Å². The van der Waals surface area contributed by atoms with Gasteiger partial charge in [0.25, 0.3) is 0 Å². The molecule has 0 heterocycles. The second-order valence-electron chi connectivity index (χ2n) is 3.24. The van der Waals surface area contributed by atoms with E-state index in [9.17, 15) is 13.2 Å². The van der Waals surface area contributed by atoms with Gasteiger partial charge in [0.05, 0.1) is 11.9 Å². The molecule has 0 aliphatic rings. The fraction of sp³-hybridized carbons (Fsp3) is 0.300. The molecule has 0 saturated heterocycles. The van der Waals surface area contributed by atoms with Gasteiger partial charge in [0.2, 0.25) is 10.0 Å². The van der Waals surface area contributed by atoms with Crippen molar-refractivity contribution in [2.24, 2.45) is 0 Å². The molecule has 0 atom stereocenters. The summed E-state index contributed by atoms with van der Waals surface area (Å²) in [7, 11) is -3.26. The van der Waals surface area contributed by atoms with Crippen LogP contribution in [0.1, 0.15) is 12.0 Å². The Morgan fingerprint density at radius 2 is 2.00 bits per heavy atom. The summed E-state index contributed by atoms with van der Waals surface area (Å²) in [6, 6.07) is 7.05. The van der Waals surface area contributed by atoms with Crippen molar-refractivity contribution in [1.29, 1.82) is 0 Å². The fourth-order valence-corrected chi connectivity index (χ4v) is 1.85. The minimum Gasteiger partial charge on any atom is -0.303 e. The predicted octanol–water partition coefficient (Wildman–Crippen LogP) is 1.19. The van der Waals surface area contributed by atoms with E-state index < -0.39 is 10.0 Å². The van der Waals surface area contributed by atoms with Crippen LogP contribution in [0.5, 0.6) is 0 Å². The molecule has 0 bridgehead atoms. The number of nitrogens with one attached hydrogen (secondary N) is 1. The van der Waals surface area contributed by atoms with Gasteiger partial charge in [-0.2, -0.15) is 0 Å². The summed E-state index contributed by atoms with van der Waals surface area (Å²) in [5.41, 5.74) is 1.37. The van der Waals surface area contributed by atoms with Crippen LogP contribution in [0, 0.1) is 0 Å². The number of hydrogen-bond acceptors (Lipinski definition) is 3. The summed E-state index contributed by atoms with van der Waals surface area (Å²) in [4.78, 5) is 10.2. The number of rotatable bonds is 5. The molecule has 0 aliphatic heterocycles. The normalized spacial score (nSPS) is 11.0. The lowest BCUT2D eigenvalue weighted by Gasteiger charge is -2.08. The minimum absolute atomic E-state index is 0.391. The van der Waals surface area contributed by atoms with Crippen molar-refractivity contribution in [3.8, 4) is 0 Å². The third-order valence-corrected chi connectivity index (χ3v) is 2.43. The van der Waals surface area contributed by atoms with Crippen LogP contribution in [0.3, 0.4) is 0 Å². The van der Waals surface area contributed by atoms with Crippen molar-refractivity contribution >= 4 is 22.0 Å². The van der Waals surface area contributed by atoms with E-state index in [1.54, 1.807) is 18.2 Å². The summed E-state index contributed by atoms with van der Waals surface area (Å²) in [5, 5.41) is 0. The minimum atomic E-state index is -3.26. The van der Waals surface area contributed by atoms with Gasteiger partial charge in [-0.15, -0.1) is 0 Å². The highest BCUT2D eigenvalue weighted by atomic mass is 32.2. The van der Waals surface area contributed by atoms with E-state index in [0.29, 0.717) is 18.5 Å². The van der Waals surface area contributed by atoms with Crippen molar-refractivity contribution in [3.63, 3.8) is 0 Å². The van der Waals surface area contributed by atoms with Crippen LogP contribution in [-0.4, -0.2) is 21.0 Å². The Morgan fingerprint density at radius 3 is 2.60 bits per heavy atom. The average Bonchev–Trinajstić information content (AvgIpc) is 2.14. The summed E-state index contributed by atoms with van der Waals surface area (Å²) in [6.45, 7) is 0. The Hall–Kier alpha value is -1.36. The molecule has 0 aliphatic carbocycles. The average molecular weight is 227 g/mol. The Bertz CT molecular complexity index is 440. The smallest absolute Gasteiger partial charge is 0.229 e. The molecule has 1 N–H and O–H groups in total. The summed E-state index contributed by atoms with van der Waals surface area (Å²) in [6.07, 6.45) is 2.85. The SMILES string of the molecule is CS(=O)(=O)Nc1ccccc1CCC=O. The topological polar surface area (TPSA) is 63.2 Å². The first-order valence-electron chi connectivity index (χ1n) is 4.52. The number of para-hydroxylation sites is 1. The molecular weight excluding hydrogens is 214 g/mol. The highest BCUT2D eigenvalue weighted by Crippen LogP contribution is 2.17. The fourth-order valence-electron chi connectivity index (χ4n) is 1.25. The molecule has 0 radical (unpaired) electrons. The Labute approximate surface area is 89.4 Å². The monoisotopic (exact) mass is 227 g/mol. The van der Waals surface area contributed by atoms with Gasteiger partial charge in [-0.1, -0.05) is 18.2 Å². The number of carbonyl (C=O) groups is 1. The van der Waals surface area contributed by atoms with Crippen LogP contribution in [0.15, 0.2) is 24.3 Å². The zero-order chi connectivity index (χ0) is 11.3. The number of sulfonamides is 1. The number of anilines is 1. The number of aldehydes is 1. The number of carbonyl (C=O) groups excluding carboxylic acids is 1. The quantitative estimate of drug-likeness (QED) is 0.768. The van der Waals surface area contributed by atoms with E-state index in [-0.39, 0.29) is 0 Å². The Kier molecular flexibility index (Phi) is 3.85. The number of benzene rings is 1. The van der Waals surface area contributed by atoms with Gasteiger partial charge >= 0.3 is 0 Å². The highest BCUT2D eigenvalue weighted by Gasteiger charge is 2.05. The summed E-state index contributed by atoms with van der Waals surface area (Å²) < 4.78 is 24.5. The van der Waals surface area contributed by atoms with Crippen LogP contribution >= 0.6 is 0 Å². The van der Waals surface area contributed by atoms with Crippen LogP contribution < -0.4 is 4.72 Å². The molecule has 0 spiro atoms. The number of aryl methyl sites for hydroxylation is 1. The first-order valence-corrected chi connectivity index (χ1v) is 6.41. The van der Waals surface area contributed by atoms with Crippen LogP contribution in [-0.2, 0) is 21.2 Å². The zero-order valence-electron chi connectivity index (χ0n) is 8.43. The van der Waals surface area contributed by atoms with Gasteiger partial charge in [-0.25, -0.2) is 8.42 Å². The van der Waals surface area contributed by atoms with E-state index in [1.807, 2.05) is 6.07 Å². The molecule has 0 amide bonds. The first kappa shape index (κ1) is 11.7. The third-order valence-electron chi connectivity index (χ3n) is 1.84. The maximum Gasteiger partial charge on any atom is 0.229 e. The molecule has 0 unspecified atom stereocenters. The molecular formula is C10H13NO3S. The van der Waals surface area contributed by atoms with E-state index in [2.05, 4.69) is 4.72 Å². The lowest BCUT2D eigenvalue weighted by atomic mass is 10.1. The van der Waals surface area contributed by atoms with E-state index in [1.165, 1.54) is 0 Å². The van der Waals surface area contributed by atoms with Gasteiger partial charge in [-0.05, 0) is 18.1 Å². The van der Waals surface area contributed by atoms with Gasteiger partial charge in [0.15, 0.2) is 0 Å². The van der Waals surface area contributed by atoms with Crippen molar-refractivity contribution in [3.05, 3.63) is 29.8 Å². The maximum atomic E-state index is 11.0.